The van der Waals surface area contributed by atoms with E-state index in [4.69, 9.17) is 28.3 Å². The SMILES string of the molecule is C=C(Nc1nccs1)C(c1ncn2c1C[C@@H](F)C2)n1cc2c(Cl)cc(-c3ccc(C)cc3)c(Cl)c2n1. The molecule has 0 amide bonds. The lowest BCUT2D eigenvalue weighted by Gasteiger charge is -2.20. The molecule has 6 nitrogen and oxygen atoms in total. The quantitative estimate of drug-likeness (QED) is 0.251. The van der Waals surface area contributed by atoms with E-state index in [1.165, 1.54) is 11.3 Å². The minimum absolute atomic E-state index is 0.288. The van der Waals surface area contributed by atoms with Crippen LogP contribution in [0.5, 0.6) is 0 Å². The number of allylic oxidation sites excluding steroid dienone is 1. The van der Waals surface area contributed by atoms with Crippen molar-refractivity contribution in [2.24, 2.45) is 0 Å². The third kappa shape index (κ3) is 3.99. The van der Waals surface area contributed by atoms with Gasteiger partial charge in [0.1, 0.15) is 17.7 Å². The number of imidazole rings is 1. The summed E-state index contributed by atoms with van der Waals surface area (Å²) in [5, 5.41) is 12.5. The number of nitrogens with one attached hydrogen (secondary N) is 1. The fraction of sp³-hybridized carbons (Fsp3) is 0.192. The average Bonchev–Trinajstić information content (AvgIpc) is 3.63. The summed E-state index contributed by atoms with van der Waals surface area (Å²) in [5.41, 5.74) is 5.60. The minimum atomic E-state index is -0.944. The van der Waals surface area contributed by atoms with E-state index in [0.717, 1.165) is 22.4 Å². The maximum absolute atomic E-state index is 14.3. The normalized spacial score (nSPS) is 15.8. The average molecular weight is 539 g/mol. The predicted molar refractivity (Wildman–Crippen MR) is 144 cm³/mol. The predicted octanol–water partition coefficient (Wildman–Crippen LogP) is 7.08. The lowest BCUT2D eigenvalue weighted by atomic mass is 10.0. The molecule has 1 aliphatic rings. The second-order valence-electron chi connectivity index (χ2n) is 8.88. The third-order valence-electron chi connectivity index (χ3n) is 6.41. The van der Waals surface area contributed by atoms with Gasteiger partial charge in [0, 0.05) is 46.5 Å². The molecule has 4 heterocycles. The topological polar surface area (TPSA) is 60.6 Å². The van der Waals surface area contributed by atoms with Crippen molar-refractivity contribution in [1.29, 1.82) is 0 Å². The van der Waals surface area contributed by atoms with Crippen molar-refractivity contribution in [3.63, 3.8) is 0 Å². The van der Waals surface area contributed by atoms with Gasteiger partial charge in [-0.1, -0.05) is 59.6 Å². The van der Waals surface area contributed by atoms with Crippen LogP contribution in [0.2, 0.25) is 10.0 Å². The number of rotatable bonds is 6. The van der Waals surface area contributed by atoms with Gasteiger partial charge in [0.2, 0.25) is 0 Å². The molecule has 1 unspecified atom stereocenters. The van der Waals surface area contributed by atoms with Crippen molar-refractivity contribution in [3.05, 3.63) is 93.7 Å². The van der Waals surface area contributed by atoms with E-state index in [1.54, 1.807) is 17.2 Å². The Morgan fingerprint density at radius 1 is 1.25 bits per heavy atom. The smallest absolute Gasteiger partial charge is 0.186 e. The largest absolute Gasteiger partial charge is 0.333 e. The molecular weight excluding hydrogens is 518 g/mol. The molecule has 0 saturated carbocycles. The molecule has 10 heteroatoms. The highest BCUT2D eigenvalue weighted by Crippen LogP contribution is 2.40. The summed E-state index contributed by atoms with van der Waals surface area (Å²) >= 11 is 15.1. The van der Waals surface area contributed by atoms with E-state index in [0.29, 0.717) is 44.0 Å². The van der Waals surface area contributed by atoms with Gasteiger partial charge in [-0.3, -0.25) is 4.68 Å². The molecule has 2 atom stereocenters. The maximum atomic E-state index is 14.3. The summed E-state index contributed by atoms with van der Waals surface area (Å²) in [6.07, 6.45) is 4.57. The zero-order valence-corrected chi connectivity index (χ0v) is 21.6. The van der Waals surface area contributed by atoms with Crippen molar-refractivity contribution in [3.8, 4) is 11.1 Å². The van der Waals surface area contributed by atoms with E-state index >= 15 is 0 Å². The van der Waals surface area contributed by atoms with Gasteiger partial charge in [0.25, 0.3) is 0 Å². The van der Waals surface area contributed by atoms with E-state index in [-0.39, 0.29) is 6.42 Å². The molecule has 6 rings (SSSR count). The molecule has 0 saturated heterocycles. The van der Waals surface area contributed by atoms with Crippen LogP contribution >= 0.6 is 34.5 Å². The van der Waals surface area contributed by atoms with Crippen LogP contribution in [0.4, 0.5) is 9.52 Å². The number of halogens is 3. The van der Waals surface area contributed by atoms with Gasteiger partial charge in [0.15, 0.2) is 5.13 Å². The van der Waals surface area contributed by atoms with Gasteiger partial charge >= 0.3 is 0 Å². The van der Waals surface area contributed by atoms with Gasteiger partial charge in [-0.2, -0.15) is 5.10 Å². The first kappa shape index (κ1) is 23.2. The minimum Gasteiger partial charge on any atom is -0.333 e. The van der Waals surface area contributed by atoms with Crippen LogP contribution in [0.1, 0.15) is 23.0 Å². The molecule has 0 aliphatic carbocycles. The number of thiazole rings is 1. The molecule has 0 spiro atoms. The Morgan fingerprint density at radius 2 is 2.06 bits per heavy atom. The Kier molecular flexibility index (Phi) is 5.82. The fourth-order valence-corrected chi connectivity index (χ4v) is 5.77. The van der Waals surface area contributed by atoms with Crippen molar-refractivity contribution >= 4 is 50.6 Å². The van der Waals surface area contributed by atoms with Gasteiger partial charge in [-0.15, -0.1) is 11.3 Å². The van der Waals surface area contributed by atoms with Crippen LogP contribution in [-0.2, 0) is 13.0 Å². The molecule has 5 aromatic rings. The number of anilines is 1. The molecule has 1 N–H and O–H groups in total. The number of nitrogens with zero attached hydrogens (tertiary/aromatic N) is 5. The third-order valence-corrected chi connectivity index (χ3v) is 7.79. The second kappa shape index (κ2) is 9.03. The number of aromatic nitrogens is 5. The van der Waals surface area contributed by atoms with Crippen molar-refractivity contribution in [2.75, 3.05) is 5.32 Å². The number of benzene rings is 2. The standard InChI is InChI=1S/C26H21Cl2FN6S/c1-14-3-5-16(6-4-14)18-10-20(27)19-12-35(33-23(19)22(18)28)25(15(2)32-26-30-7-8-36-26)24-21-9-17(29)11-34(21)13-31-24/h3-8,10,12-13,17,25H,2,9,11H2,1H3,(H,30,32)/t17-,25?/m1/s1. The summed E-state index contributed by atoms with van der Waals surface area (Å²) < 4.78 is 17.9. The maximum Gasteiger partial charge on any atom is 0.186 e. The molecule has 2 aromatic carbocycles. The van der Waals surface area contributed by atoms with E-state index in [2.05, 4.69) is 21.9 Å². The number of hydrogen-bond acceptors (Lipinski definition) is 5. The highest BCUT2D eigenvalue weighted by atomic mass is 35.5. The van der Waals surface area contributed by atoms with Crippen LogP contribution in [0, 0.1) is 6.92 Å². The monoisotopic (exact) mass is 538 g/mol. The van der Waals surface area contributed by atoms with Crippen molar-refractivity contribution < 1.29 is 4.39 Å². The fourth-order valence-electron chi connectivity index (χ4n) is 4.66. The van der Waals surface area contributed by atoms with Crippen LogP contribution in [0.15, 0.2) is 66.7 Å². The Labute approximate surface area is 221 Å². The van der Waals surface area contributed by atoms with Gasteiger partial charge in [-0.25, -0.2) is 14.4 Å². The van der Waals surface area contributed by atoms with Crippen molar-refractivity contribution in [2.45, 2.75) is 32.1 Å². The molecule has 0 fully saturated rings. The summed E-state index contributed by atoms with van der Waals surface area (Å²) in [6.45, 7) is 6.61. The lowest BCUT2D eigenvalue weighted by molar-refractivity contribution is 0.328. The number of fused-ring (bicyclic) bond motifs is 2. The Hall–Kier alpha value is -3.20. The van der Waals surface area contributed by atoms with Gasteiger partial charge < -0.3 is 9.88 Å². The number of alkyl halides is 1. The highest BCUT2D eigenvalue weighted by molar-refractivity contribution is 7.13. The van der Waals surface area contributed by atoms with E-state index < -0.39 is 12.2 Å². The molecule has 0 radical (unpaired) electrons. The van der Waals surface area contributed by atoms with Crippen LogP contribution < -0.4 is 5.32 Å². The molecule has 0 bridgehead atoms. The van der Waals surface area contributed by atoms with Crippen molar-refractivity contribution in [1.82, 2.24) is 24.3 Å². The van der Waals surface area contributed by atoms with E-state index in [9.17, 15) is 4.39 Å². The first-order chi connectivity index (χ1) is 17.4. The zero-order valence-electron chi connectivity index (χ0n) is 19.3. The summed E-state index contributed by atoms with van der Waals surface area (Å²) in [4.78, 5) is 8.95. The molecule has 1 aliphatic heterocycles. The van der Waals surface area contributed by atoms with Crippen LogP contribution in [0.25, 0.3) is 22.0 Å². The zero-order chi connectivity index (χ0) is 25.0. The summed E-state index contributed by atoms with van der Waals surface area (Å²) in [7, 11) is 0. The first-order valence-electron chi connectivity index (χ1n) is 11.4. The number of hydrogen-bond donors (Lipinski definition) is 1. The van der Waals surface area contributed by atoms with Gasteiger partial charge in [-0.05, 0) is 18.6 Å². The second-order valence-corrected chi connectivity index (χ2v) is 10.6. The summed E-state index contributed by atoms with van der Waals surface area (Å²) in [5.74, 6) is 0. The summed E-state index contributed by atoms with van der Waals surface area (Å²) in [6, 6.07) is 9.43. The lowest BCUT2D eigenvalue weighted by Crippen LogP contribution is -2.20. The van der Waals surface area contributed by atoms with Gasteiger partial charge in [0.05, 0.1) is 28.6 Å². The Morgan fingerprint density at radius 3 is 2.81 bits per heavy atom. The number of aryl methyl sites for hydroxylation is 1. The molecule has 182 valence electrons. The van der Waals surface area contributed by atoms with E-state index in [1.807, 2.05) is 53.4 Å². The molecule has 3 aromatic heterocycles. The Balaban J connectivity index is 1.49. The van der Waals surface area contributed by atoms with Crippen LogP contribution in [0.3, 0.4) is 0 Å². The molecule has 36 heavy (non-hydrogen) atoms. The molecular formula is C26H21Cl2FN6S. The Bertz CT molecular complexity index is 1590. The first-order valence-corrected chi connectivity index (χ1v) is 13.0. The highest BCUT2D eigenvalue weighted by Gasteiger charge is 2.32. The van der Waals surface area contributed by atoms with Crippen LogP contribution in [-0.4, -0.2) is 30.5 Å².